The Balaban J connectivity index is 2.26. The molecule has 2 aromatic rings. The van der Waals surface area contributed by atoms with Crippen LogP contribution in [0.2, 0.25) is 0 Å². The van der Waals surface area contributed by atoms with Gasteiger partial charge in [0.25, 0.3) is 0 Å². The Bertz CT molecular complexity index is 539. The zero-order valence-corrected chi connectivity index (χ0v) is 10.8. The highest BCUT2D eigenvalue weighted by molar-refractivity contribution is 9.10. The van der Waals surface area contributed by atoms with E-state index in [0.29, 0.717) is 10.7 Å². The van der Waals surface area contributed by atoms with Crippen molar-refractivity contribution in [1.82, 2.24) is 10.2 Å². The second kappa shape index (κ2) is 4.71. The lowest BCUT2D eigenvalue weighted by Gasteiger charge is -1.97. The molecule has 1 N–H and O–H groups in total. The van der Waals surface area contributed by atoms with Crippen molar-refractivity contribution >= 4 is 38.6 Å². The van der Waals surface area contributed by atoms with Crippen LogP contribution in [0.15, 0.2) is 27.7 Å². The molecule has 0 spiro atoms. The molecule has 0 aliphatic heterocycles. The molecule has 1 heterocycles. The number of nitrogens with zero attached hydrogens (tertiary/aromatic N) is 3. The third-order valence-electron chi connectivity index (χ3n) is 1.82. The molecule has 0 radical (unpaired) electrons. The van der Waals surface area contributed by atoms with Crippen molar-refractivity contribution in [1.29, 1.82) is 0 Å². The molecular formula is C10H8BrN3OS. The van der Waals surface area contributed by atoms with Gasteiger partial charge in [0, 0.05) is 16.3 Å². The Kier molecular flexibility index (Phi) is 3.31. The maximum atomic E-state index is 9.57. The first kappa shape index (κ1) is 11.2. The smallest absolute Gasteiger partial charge is 0.231 e. The quantitative estimate of drug-likeness (QED) is 0.867. The maximum absolute atomic E-state index is 9.57. The van der Waals surface area contributed by atoms with E-state index in [-0.39, 0.29) is 5.75 Å². The average molecular weight is 298 g/mol. The fourth-order valence-electron chi connectivity index (χ4n) is 1.09. The molecule has 0 amide bonds. The van der Waals surface area contributed by atoms with E-state index in [1.54, 1.807) is 24.4 Å². The second-order valence-corrected chi connectivity index (χ2v) is 5.14. The van der Waals surface area contributed by atoms with Crippen LogP contribution < -0.4 is 0 Å². The van der Waals surface area contributed by atoms with Gasteiger partial charge in [0.1, 0.15) is 10.8 Å². The van der Waals surface area contributed by atoms with Crippen LogP contribution >= 0.6 is 27.3 Å². The molecule has 16 heavy (non-hydrogen) atoms. The molecule has 82 valence electrons. The zero-order chi connectivity index (χ0) is 11.5. The predicted octanol–water partition coefficient (Wildman–Crippen LogP) is 3.07. The highest BCUT2D eigenvalue weighted by atomic mass is 79.9. The summed E-state index contributed by atoms with van der Waals surface area (Å²) in [6.07, 6.45) is 1.57. The number of phenols is 1. The number of hydrogen-bond donors (Lipinski definition) is 1. The van der Waals surface area contributed by atoms with E-state index < -0.39 is 0 Å². The summed E-state index contributed by atoms with van der Waals surface area (Å²) in [5, 5.41) is 18.7. The molecule has 0 bridgehead atoms. The molecule has 0 aliphatic rings. The largest absolute Gasteiger partial charge is 0.507 e. The molecule has 0 atom stereocenters. The van der Waals surface area contributed by atoms with Gasteiger partial charge in [-0.2, -0.15) is 0 Å². The number of phenolic OH excluding ortho intramolecular Hbond substituents is 1. The zero-order valence-electron chi connectivity index (χ0n) is 8.38. The first-order chi connectivity index (χ1) is 7.65. The van der Waals surface area contributed by atoms with Gasteiger partial charge in [-0.25, -0.2) is 4.99 Å². The molecular weight excluding hydrogens is 290 g/mol. The number of halogens is 1. The standard InChI is InChI=1S/C10H8BrN3OS/c1-6-13-14-10(16-6)12-5-7-4-8(11)2-3-9(7)15/h2-5,15H,1H3. The second-order valence-electron chi connectivity index (χ2n) is 3.06. The van der Waals surface area contributed by atoms with Crippen LogP contribution in [-0.2, 0) is 0 Å². The summed E-state index contributed by atoms with van der Waals surface area (Å²) in [6, 6.07) is 5.16. The summed E-state index contributed by atoms with van der Waals surface area (Å²) in [4.78, 5) is 4.14. The van der Waals surface area contributed by atoms with Gasteiger partial charge >= 0.3 is 0 Å². The number of hydrogen-bond acceptors (Lipinski definition) is 5. The van der Waals surface area contributed by atoms with Gasteiger partial charge in [-0.15, -0.1) is 10.2 Å². The van der Waals surface area contributed by atoms with Crippen LogP contribution in [0, 0.1) is 6.92 Å². The first-order valence-corrected chi connectivity index (χ1v) is 6.09. The minimum absolute atomic E-state index is 0.188. The monoisotopic (exact) mass is 297 g/mol. The fourth-order valence-corrected chi connectivity index (χ4v) is 2.00. The number of rotatable bonds is 2. The highest BCUT2D eigenvalue weighted by Gasteiger charge is 2.00. The molecule has 0 aliphatic carbocycles. The van der Waals surface area contributed by atoms with Gasteiger partial charge in [0.15, 0.2) is 0 Å². The Morgan fingerprint density at radius 2 is 2.25 bits per heavy atom. The predicted molar refractivity (Wildman–Crippen MR) is 67.7 cm³/mol. The van der Waals surface area contributed by atoms with Crippen molar-refractivity contribution in [3.8, 4) is 5.75 Å². The van der Waals surface area contributed by atoms with E-state index in [1.165, 1.54) is 11.3 Å². The number of benzene rings is 1. The van der Waals surface area contributed by atoms with Crippen molar-refractivity contribution < 1.29 is 5.11 Å². The minimum atomic E-state index is 0.188. The molecule has 0 unspecified atom stereocenters. The van der Waals surface area contributed by atoms with Crippen molar-refractivity contribution in [2.24, 2.45) is 4.99 Å². The lowest BCUT2D eigenvalue weighted by atomic mass is 10.2. The Morgan fingerprint density at radius 1 is 1.44 bits per heavy atom. The average Bonchev–Trinajstić information content (AvgIpc) is 2.66. The Morgan fingerprint density at radius 3 is 2.94 bits per heavy atom. The maximum Gasteiger partial charge on any atom is 0.231 e. The first-order valence-electron chi connectivity index (χ1n) is 4.48. The third-order valence-corrected chi connectivity index (χ3v) is 3.06. The molecule has 1 aromatic carbocycles. The lowest BCUT2D eigenvalue weighted by Crippen LogP contribution is -1.82. The van der Waals surface area contributed by atoms with Crippen LogP contribution in [0.5, 0.6) is 5.75 Å². The van der Waals surface area contributed by atoms with Gasteiger partial charge in [0.05, 0.1) is 0 Å². The number of aromatic hydroxyl groups is 1. The number of aryl methyl sites for hydroxylation is 1. The van der Waals surface area contributed by atoms with Gasteiger partial charge < -0.3 is 5.11 Å². The summed E-state index contributed by atoms with van der Waals surface area (Å²) in [7, 11) is 0. The van der Waals surface area contributed by atoms with Crippen molar-refractivity contribution in [2.75, 3.05) is 0 Å². The topological polar surface area (TPSA) is 58.4 Å². The van der Waals surface area contributed by atoms with Gasteiger partial charge in [-0.1, -0.05) is 27.3 Å². The van der Waals surface area contributed by atoms with Crippen LogP contribution in [0.4, 0.5) is 5.13 Å². The molecule has 4 nitrogen and oxygen atoms in total. The van der Waals surface area contributed by atoms with Gasteiger partial charge in [-0.3, -0.25) is 0 Å². The van der Waals surface area contributed by atoms with E-state index in [1.807, 2.05) is 6.92 Å². The lowest BCUT2D eigenvalue weighted by molar-refractivity contribution is 0.474. The Hall–Kier alpha value is -1.27. The van der Waals surface area contributed by atoms with Crippen LogP contribution in [0.25, 0.3) is 0 Å². The normalized spacial score (nSPS) is 11.1. The van der Waals surface area contributed by atoms with Crippen LogP contribution in [0.1, 0.15) is 10.6 Å². The van der Waals surface area contributed by atoms with Crippen molar-refractivity contribution in [2.45, 2.75) is 6.92 Å². The summed E-state index contributed by atoms with van der Waals surface area (Å²) in [6.45, 7) is 1.87. The van der Waals surface area contributed by atoms with E-state index in [4.69, 9.17) is 0 Å². The molecule has 0 saturated carbocycles. The summed E-state index contributed by atoms with van der Waals surface area (Å²) in [5.41, 5.74) is 0.641. The fraction of sp³-hybridized carbons (Fsp3) is 0.100. The summed E-state index contributed by atoms with van der Waals surface area (Å²) >= 11 is 4.73. The molecule has 0 saturated heterocycles. The number of aromatic nitrogens is 2. The van der Waals surface area contributed by atoms with E-state index >= 15 is 0 Å². The van der Waals surface area contributed by atoms with E-state index in [2.05, 4.69) is 31.1 Å². The molecule has 0 fully saturated rings. The van der Waals surface area contributed by atoms with E-state index in [9.17, 15) is 5.11 Å². The van der Waals surface area contributed by atoms with Crippen molar-refractivity contribution in [3.63, 3.8) is 0 Å². The summed E-state index contributed by atoms with van der Waals surface area (Å²) in [5.74, 6) is 0.188. The van der Waals surface area contributed by atoms with Gasteiger partial charge in [0.2, 0.25) is 5.13 Å². The van der Waals surface area contributed by atoms with Crippen molar-refractivity contribution in [3.05, 3.63) is 33.2 Å². The highest BCUT2D eigenvalue weighted by Crippen LogP contribution is 2.22. The molecule has 6 heteroatoms. The van der Waals surface area contributed by atoms with Crippen LogP contribution in [0.3, 0.4) is 0 Å². The third kappa shape index (κ3) is 2.65. The SMILES string of the molecule is Cc1nnc(N=Cc2cc(Br)ccc2O)s1. The molecule has 1 aromatic heterocycles. The summed E-state index contributed by atoms with van der Waals surface area (Å²) < 4.78 is 0.889. The van der Waals surface area contributed by atoms with Crippen LogP contribution in [-0.4, -0.2) is 21.5 Å². The van der Waals surface area contributed by atoms with Gasteiger partial charge in [-0.05, 0) is 25.1 Å². The number of aliphatic imine (C=N–C) groups is 1. The minimum Gasteiger partial charge on any atom is -0.507 e. The van der Waals surface area contributed by atoms with E-state index in [0.717, 1.165) is 9.48 Å². The Labute approximate surface area is 105 Å². The molecule has 2 rings (SSSR count).